The highest BCUT2D eigenvalue weighted by atomic mass is 32.2. The molecule has 0 aromatic heterocycles. The molecule has 0 bridgehead atoms. The first-order valence-corrected chi connectivity index (χ1v) is 11.0. The van der Waals surface area contributed by atoms with E-state index in [0.29, 0.717) is 5.56 Å². The van der Waals surface area contributed by atoms with Gasteiger partial charge in [0.15, 0.2) is 0 Å². The molecule has 8 nitrogen and oxygen atoms in total. The Balaban J connectivity index is 0.000000277. The highest BCUT2D eigenvalue weighted by Gasteiger charge is 2.01. The topological polar surface area (TPSA) is 130 Å². The van der Waals surface area contributed by atoms with Crippen molar-refractivity contribution in [2.24, 2.45) is 8.80 Å². The predicted octanol–water partition coefficient (Wildman–Crippen LogP) is 1.83. The number of hydrogen-bond donors (Lipinski definition) is 1. The molecule has 10 heteroatoms. The maximum Gasteiger partial charge on any atom is 0.335 e. The first-order chi connectivity index (χ1) is 12.5. The molecule has 2 aromatic rings. The Kier molecular flexibility index (Phi) is 8.00. The monoisotopic (exact) mass is 410 g/mol. The molecule has 0 fully saturated rings. The van der Waals surface area contributed by atoms with E-state index in [1.54, 1.807) is 12.1 Å². The molecule has 1 N–H and O–H groups in total. The lowest BCUT2D eigenvalue weighted by Crippen LogP contribution is -1.96. The van der Waals surface area contributed by atoms with Crippen LogP contribution < -0.4 is 0 Å². The third-order valence-corrected chi connectivity index (χ3v) is 3.72. The third kappa shape index (κ3) is 10.7. The summed E-state index contributed by atoms with van der Waals surface area (Å²) in [6.45, 7) is 0. The number of aromatic carboxylic acids is 1. The number of carbonyl (C=O) groups is 1. The van der Waals surface area contributed by atoms with Gasteiger partial charge in [-0.15, -0.1) is 0 Å². The average Bonchev–Trinajstić information content (AvgIpc) is 2.59. The molecule has 0 aliphatic rings. The molecule has 2 aromatic carbocycles. The Morgan fingerprint density at radius 2 is 1.19 bits per heavy atom. The van der Waals surface area contributed by atoms with Crippen molar-refractivity contribution >= 4 is 38.4 Å². The van der Waals surface area contributed by atoms with E-state index in [9.17, 15) is 21.6 Å². The van der Waals surface area contributed by atoms with Gasteiger partial charge in [0.1, 0.15) is 0 Å². The zero-order valence-electron chi connectivity index (χ0n) is 14.6. The molecule has 0 unspecified atom stereocenters. The van der Waals surface area contributed by atoms with Gasteiger partial charge in [-0.1, -0.05) is 42.5 Å². The standard InChI is InChI=1S/C9H9NO4S.C8H9NO2S/c1-15(13,14)10-6-7-2-4-8(5-3-7)9(11)12;1-12(10,11)9-7-8-5-3-2-4-6-8/h2-6H,1H3,(H,11,12);2-7H,1H3/b10-6+;9-7+. The summed E-state index contributed by atoms with van der Waals surface area (Å²) in [7, 11) is -6.65. The number of nitrogens with zero attached hydrogens (tertiary/aromatic N) is 2. The lowest BCUT2D eigenvalue weighted by molar-refractivity contribution is 0.0697. The van der Waals surface area contributed by atoms with Crippen LogP contribution in [0.25, 0.3) is 0 Å². The van der Waals surface area contributed by atoms with Gasteiger partial charge in [0.2, 0.25) is 20.0 Å². The molecular formula is C17H18N2O6S2. The summed E-state index contributed by atoms with van der Waals surface area (Å²) in [5, 5.41) is 8.61. The average molecular weight is 410 g/mol. The van der Waals surface area contributed by atoms with E-state index < -0.39 is 26.0 Å². The number of rotatable bonds is 5. The normalized spacial score (nSPS) is 11.9. The molecule has 0 amide bonds. The summed E-state index contributed by atoms with van der Waals surface area (Å²) in [6, 6.07) is 14.8. The van der Waals surface area contributed by atoms with E-state index in [1.807, 2.05) is 18.2 Å². The van der Waals surface area contributed by atoms with Crippen molar-refractivity contribution in [1.82, 2.24) is 0 Å². The van der Waals surface area contributed by atoms with E-state index in [4.69, 9.17) is 5.11 Å². The number of sulfonamides is 2. The molecule has 0 radical (unpaired) electrons. The van der Waals surface area contributed by atoms with Gasteiger partial charge < -0.3 is 5.11 Å². The number of carboxylic acids is 1. The van der Waals surface area contributed by atoms with Crippen molar-refractivity contribution in [3.63, 3.8) is 0 Å². The first kappa shape index (κ1) is 22.2. The van der Waals surface area contributed by atoms with E-state index in [2.05, 4.69) is 8.80 Å². The molecule has 0 heterocycles. The maximum absolute atomic E-state index is 10.7. The van der Waals surface area contributed by atoms with Crippen LogP contribution in [0.4, 0.5) is 0 Å². The van der Waals surface area contributed by atoms with Gasteiger partial charge in [-0.25, -0.2) is 21.6 Å². The second-order valence-electron chi connectivity index (χ2n) is 5.27. The van der Waals surface area contributed by atoms with E-state index in [-0.39, 0.29) is 5.56 Å². The van der Waals surface area contributed by atoms with Crippen molar-refractivity contribution in [1.29, 1.82) is 0 Å². The summed E-state index contributed by atoms with van der Waals surface area (Å²) in [6.07, 6.45) is 4.54. The SMILES string of the molecule is CS(=O)(=O)/N=C/c1ccc(C(=O)O)cc1.CS(=O)(=O)/N=C/c1ccccc1. The highest BCUT2D eigenvalue weighted by molar-refractivity contribution is 7.89. The van der Waals surface area contributed by atoms with Crippen LogP contribution in [0.1, 0.15) is 21.5 Å². The lowest BCUT2D eigenvalue weighted by Gasteiger charge is -1.94. The molecule has 2 rings (SSSR count). The zero-order chi connectivity index (χ0) is 20.5. The van der Waals surface area contributed by atoms with Gasteiger partial charge in [0.25, 0.3) is 0 Å². The third-order valence-electron chi connectivity index (χ3n) is 2.74. The fraction of sp³-hybridized carbons (Fsp3) is 0.118. The molecule has 0 saturated carbocycles. The summed E-state index contributed by atoms with van der Waals surface area (Å²) >= 11 is 0. The van der Waals surface area contributed by atoms with E-state index >= 15 is 0 Å². The second kappa shape index (κ2) is 9.74. The minimum absolute atomic E-state index is 0.145. The van der Waals surface area contributed by atoms with Gasteiger partial charge in [-0.2, -0.15) is 8.80 Å². The second-order valence-corrected chi connectivity index (χ2v) is 8.63. The molecule has 27 heavy (non-hydrogen) atoms. The van der Waals surface area contributed by atoms with E-state index in [0.717, 1.165) is 18.1 Å². The van der Waals surface area contributed by atoms with Gasteiger partial charge in [0.05, 0.1) is 18.1 Å². The number of hydrogen-bond acceptors (Lipinski definition) is 5. The summed E-state index contributed by atoms with van der Waals surface area (Å²) in [5.41, 5.74) is 1.46. The molecule has 0 aliphatic heterocycles. The van der Waals surface area contributed by atoms with Crippen molar-refractivity contribution in [3.05, 3.63) is 71.3 Å². The Hall–Kier alpha value is -2.85. The Bertz CT molecular complexity index is 1030. The van der Waals surface area contributed by atoms with Crippen LogP contribution >= 0.6 is 0 Å². The Labute approximate surface area is 158 Å². The molecule has 0 atom stereocenters. The minimum Gasteiger partial charge on any atom is -0.478 e. The van der Waals surface area contributed by atoms with Gasteiger partial charge in [-0.05, 0) is 23.3 Å². The van der Waals surface area contributed by atoms with Crippen LogP contribution in [-0.2, 0) is 20.0 Å². The Morgan fingerprint density at radius 3 is 1.56 bits per heavy atom. The summed E-state index contributed by atoms with van der Waals surface area (Å²) in [5.74, 6) is -1.03. The first-order valence-electron chi connectivity index (χ1n) is 7.35. The van der Waals surface area contributed by atoms with Crippen LogP contribution in [-0.4, -0.2) is 52.9 Å². The zero-order valence-corrected chi connectivity index (χ0v) is 16.2. The lowest BCUT2D eigenvalue weighted by atomic mass is 10.1. The van der Waals surface area contributed by atoms with Crippen molar-refractivity contribution in [2.45, 2.75) is 0 Å². The fourth-order valence-corrected chi connectivity index (χ4v) is 2.19. The van der Waals surface area contributed by atoms with Crippen molar-refractivity contribution in [3.8, 4) is 0 Å². The van der Waals surface area contributed by atoms with Gasteiger partial charge >= 0.3 is 5.97 Å². The van der Waals surface area contributed by atoms with Crippen LogP contribution in [0.15, 0.2) is 63.4 Å². The highest BCUT2D eigenvalue weighted by Crippen LogP contribution is 2.02. The molecule has 0 spiro atoms. The van der Waals surface area contributed by atoms with E-state index in [1.165, 1.54) is 36.7 Å². The quantitative estimate of drug-likeness (QED) is 0.748. The van der Waals surface area contributed by atoms with Crippen LogP contribution in [0.3, 0.4) is 0 Å². The molecule has 0 saturated heterocycles. The molecule has 0 aliphatic carbocycles. The predicted molar refractivity (Wildman–Crippen MR) is 105 cm³/mol. The summed E-state index contributed by atoms with van der Waals surface area (Å²) < 4.78 is 49.3. The van der Waals surface area contributed by atoms with Crippen LogP contribution in [0.2, 0.25) is 0 Å². The van der Waals surface area contributed by atoms with Crippen molar-refractivity contribution in [2.75, 3.05) is 12.5 Å². The largest absolute Gasteiger partial charge is 0.478 e. The number of benzene rings is 2. The minimum atomic E-state index is -3.40. The van der Waals surface area contributed by atoms with Crippen LogP contribution in [0, 0.1) is 0 Å². The smallest absolute Gasteiger partial charge is 0.335 e. The maximum atomic E-state index is 10.7. The number of carboxylic acid groups (broad SMARTS) is 1. The van der Waals surface area contributed by atoms with Gasteiger partial charge in [-0.3, -0.25) is 0 Å². The van der Waals surface area contributed by atoms with Gasteiger partial charge in [0, 0.05) is 12.4 Å². The summed E-state index contributed by atoms with van der Waals surface area (Å²) in [4.78, 5) is 10.5. The molecule has 144 valence electrons. The molecular weight excluding hydrogens is 392 g/mol. The fourth-order valence-electron chi connectivity index (χ4n) is 1.56. The van der Waals surface area contributed by atoms with Crippen molar-refractivity contribution < 1.29 is 26.7 Å². The van der Waals surface area contributed by atoms with Crippen LogP contribution in [0.5, 0.6) is 0 Å². The Morgan fingerprint density at radius 1 is 0.778 bits per heavy atom.